The summed E-state index contributed by atoms with van der Waals surface area (Å²) in [7, 11) is 0. The minimum absolute atomic E-state index is 0.464. The summed E-state index contributed by atoms with van der Waals surface area (Å²) in [6, 6.07) is 7.07. The highest BCUT2D eigenvalue weighted by atomic mass is 16.5. The first-order chi connectivity index (χ1) is 7.83. The molecular weight excluding hydrogens is 198 g/mol. The van der Waals surface area contributed by atoms with Crippen molar-refractivity contribution in [3.05, 3.63) is 29.3 Å². The summed E-state index contributed by atoms with van der Waals surface area (Å²) in [6.45, 7) is 4.28. The van der Waals surface area contributed by atoms with Crippen molar-refractivity contribution in [2.24, 2.45) is 5.92 Å². The monoisotopic (exact) mass is 217 g/mol. The predicted octanol–water partition coefficient (Wildman–Crippen LogP) is 2.68. The van der Waals surface area contributed by atoms with Crippen molar-refractivity contribution in [2.45, 2.75) is 32.2 Å². The molecular formula is C14H19NO. The molecule has 1 aromatic rings. The zero-order valence-electron chi connectivity index (χ0n) is 9.83. The maximum absolute atomic E-state index is 5.52. The van der Waals surface area contributed by atoms with Gasteiger partial charge in [-0.1, -0.05) is 12.1 Å². The van der Waals surface area contributed by atoms with E-state index in [0.717, 1.165) is 24.7 Å². The van der Waals surface area contributed by atoms with E-state index in [1.807, 2.05) is 0 Å². The van der Waals surface area contributed by atoms with Gasteiger partial charge in [0.05, 0.1) is 6.61 Å². The zero-order chi connectivity index (χ0) is 11.0. The van der Waals surface area contributed by atoms with Gasteiger partial charge in [-0.25, -0.2) is 0 Å². The van der Waals surface area contributed by atoms with E-state index in [9.17, 15) is 0 Å². The SMILES string of the molecule is CC(NCC1CC1)c1ccc2c(c1)CCO2. The summed E-state index contributed by atoms with van der Waals surface area (Å²) < 4.78 is 5.52. The van der Waals surface area contributed by atoms with Crippen LogP contribution in [0.15, 0.2) is 18.2 Å². The summed E-state index contributed by atoms with van der Waals surface area (Å²) in [6.07, 6.45) is 3.90. The van der Waals surface area contributed by atoms with Crippen LogP contribution in [0.25, 0.3) is 0 Å². The second-order valence-corrected chi connectivity index (χ2v) is 5.04. The lowest BCUT2D eigenvalue weighted by Gasteiger charge is -2.14. The van der Waals surface area contributed by atoms with Crippen LogP contribution in [0, 0.1) is 5.92 Å². The zero-order valence-corrected chi connectivity index (χ0v) is 9.83. The minimum atomic E-state index is 0.464. The molecule has 1 N–H and O–H groups in total. The van der Waals surface area contributed by atoms with Crippen LogP contribution in [0.1, 0.15) is 36.9 Å². The molecule has 1 aliphatic carbocycles. The van der Waals surface area contributed by atoms with Gasteiger partial charge in [-0.3, -0.25) is 0 Å². The molecule has 1 saturated carbocycles. The van der Waals surface area contributed by atoms with Crippen molar-refractivity contribution < 1.29 is 4.74 Å². The highest BCUT2D eigenvalue weighted by Crippen LogP contribution is 2.30. The molecule has 0 bridgehead atoms. The first-order valence-electron chi connectivity index (χ1n) is 6.32. The summed E-state index contributed by atoms with van der Waals surface area (Å²) >= 11 is 0. The molecule has 16 heavy (non-hydrogen) atoms. The van der Waals surface area contributed by atoms with Gasteiger partial charge < -0.3 is 10.1 Å². The van der Waals surface area contributed by atoms with Crippen molar-refractivity contribution in [1.29, 1.82) is 0 Å². The van der Waals surface area contributed by atoms with Crippen molar-refractivity contribution in [1.82, 2.24) is 5.32 Å². The Labute approximate surface area is 97.0 Å². The molecule has 0 radical (unpaired) electrons. The molecule has 2 aliphatic rings. The van der Waals surface area contributed by atoms with Crippen molar-refractivity contribution in [3.63, 3.8) is 0 Å². The van der Waals surface area contributed by atoms with Gasteiger partial charge in [0.1, 0.15) is 5.75 Å². The topological polar surface area (TPSA) is 21.3 Å². The highest BCUT2D eigenvalue weighted by molar-refractivity contribution is 5.40. The molecule has 0 spiro atoms. The summed E-state index contributed by atoms with van der Waals surface area (Å²) in [5.74, 6) is 2.03. The van der Waals surface area contributed by atoms with Gasteiger partial charge in [0.2, 0.25) is 0 Å². The van der Waals surface area contributed by atoms with Crippen LogP contribution in [0.5, 0.6) is 5.75 Å². The number of nitrogens with one attached hydrogen (secondary N) is 1. The predicted molar refractivity (Wildman–Crippen MR) is 64.8 cm³/mol. The largest absolute Gasteiger partial charge is 0.493 e. The summed E-state index contributed by atoms with van der Waals surface area (Å²) in [5, 5.41) is 3.61. The average Bonchev–Trinajstić information content (AvgIpc) is 3.01. The van der Waals surface area contributed by atoms with Crippen molar-refractivity contribution in [2.75, 3.05) is 13.2 Å². The van der Waals surface area contributed by atoms with Gasteiger partial charge in [-0.05, 0) is 49.4 Å². The van der Waals surface area contributed by atoms with E-state index in [2.05, 4.69) is 30.4 Å². The highest BCUT2D eigenvalue weighted by Gasteiger charge is 2.22. The van der Waals surface area contributed by atoms with E-state index in [-0.39, 0.29) is 0 Å². The fourth-order valence-electron chi connectivity index (χ4n) is 2.26. The van der Waals surface area contributed by atoms with E-state index in [1.54, 1.807) is 0 Å². The molecule has 1 aromatic carbocycles. The molecule has 86 valence electrons. The van der Waals surface area contributed by atoms with E-state index < -0.39 is 0 Å². The van der Waals surface area contributed by atoms with Gasteiger partial charge in [0.25, 0.3) is 0 Å². The van der Waals surface area contributed by atoms with Crippen LogP contribution in [0.2, 0.25) is 0 Å². The van der Waals surface area contributed by atoms with E-state index in [1.165, 1.54) is 30.5 Å². The molecule has 1 fully saturated rings. The molecule has 3 rings (SSSR count). The number of rotatable bonds is 4. The van der Waals surface area contributed by atoms with Crippen LogP contribution < -0.4 is 10.1 Å². The molecule has 0 amide bonds. The smallest absolute Gasteiger partial charge is 0.122 e. The molecule has 2 heteroatoms. The summed E-state index contributed by atoms with van der Waals surface area (Å²) in [4.78, 5) is 0. The quantitative estimate of drug-likeness (QED) is 0.837. The first kappa shape index (κ1) is 10.2. The number of ether oxygens (including phenoxy) is 1. The van der Waals surface area contributed by atoms with Crippen LogP contribution in [0.3, 0.4) is 0 Å². The van der Waals surface area contributed by atoms with Gasteiger partial charge in [-0.15, -0.1) is 0 Å². The normalized spacial score (nSPS) is 20.3. The number of fused-ring (bicyclic) bond motifs is 1. The molecule has 1 unspecified atom stereocenters. The Bertz CT molecular complexity index is 384. The number of benzene rings is 1. The lowest BCUT2D eigenvalue weighted by atomic mass is 10.0. The van der Waals surface area contributed by atoms with E-state index >= 15 is 0 Å². The minimum Gasteiger partial charge on any atom is -0.493 e. The molecule has 1 atom stereocenters. The Morgan fingerprint density at radius 3 is 3.12 bits per heavy atom. The fraction of sp³-hybridized carbons (Fsp3) is 0.571. The van der Waals surface area contributed by atoms with Crippen LogP contribution in [0.4, 0.5) is 0 Å². The second-order valence-electron chi connectivity index (χ2n) is 5.04. The van der Waals surface area contributed by atoms with Crippen LogP contribution in [-0.2, 0) is 6.42 Å². The first-order valence-corrected chi connectivity index (χ1v) is 6.32. The van der Waals surface area contributed by atoms with E-state index in [0.29, 0.717) is 6.04 Å². The van der Waals surface area contributed by atoms with Gasteiger partial charge in [0, 0.05) is 12.5 Å². The van der Waals surface area contributed by atoms with Gasteiger partial charge >= 0.3 is 0 Å². The maximum atomic E-state index is 5.52. The number of hydrogen-bond donors (Lipinski definition) is 1. The third-order valence-corrected chi connectivity index (χ3v) is 3.62. The van der Waals surface area contributed by atoms with Crippen molar-refractivity contribution in [3.8, 4) is 5.75 Å². The fourth-order valence-corrected chi connectivity index (χ4v) is 2.26. The van der Waals surface area contributed by atoms with E-state index in [4.69, 9.17) is 4.74 Å². The Hall–Kier alpha value is -1.02. The standard InChI is InChI=1S/C14H19NO/c1-10(15-9-11-2-3-11)12-4-5-14-13(8-12)6-7-16-14/h4-5,8,10-11,15H,2-3,6-7,9H2,1H3. The lowest BCUT2D eigenvalue weighted by molar-refractivity contribution is 0.356. The molecule has 2 nitrogen and oxygen atoms in total. The third kappa shape index (κ3) is 2.07. The maximum Gasteiger partial charge on any atom is 0.122 e. The van der Waals surface area contributed by atoms with Gasteiger partial charge in [-0.2, -0.15) is 0 Å². The molecule has 1 heterocycles. The average molecular weight is 217 g/mol. The molecule has 0 aromatic heterocycles. The summed E-state index contributed by atoms with van der Waals surface area (Å²) in [5.41, 5.74) is 2.77. The Morgan fingerprint density at radius 2 is 2.31 bits per heavy atom. The molecule has 0 saturated heterocycles. The third-order valence-electron chi connectivity index (χ3n) is 3.62. The Morgan fingerprint density at radius 1 is 1.44 bits per heavy atom. The van der Waals surface area contributed by atoms with Crippen LogP contribution >= 0.6 is 0 Å². The lowest BCUT2D eigenvalue weighted by Crippen LogP contribution is -2.21. The van der Waals surface area contributed by atoms with Crippen LogP contribution in [-0.4, -0.2) is 13.2 Å². The Balaban J connectivity index is 1.67. The van der Waals surface area contributed by atoms with Crippen molar-refractivity contribution >= 4 is 0 Å². The second kappa shape index (κ2) is 4.10. The molecule has 1 aliphatic heterocycles. The number of hydrogen-bond acceptors (Lipinski definition) is 2. The van der Waals surface area contributed by atoms with Gasteiger partial charge in [0.15, 0.2) is 0 Å². The Kier molecular flexibility index (Phi) is 2.60.